The Kier molecular flexibility index (Phi) is 5.47. The minimum Gasteiger partial charge on any atom is -0.591 e. The van der Waals surface area contributed by atoms with Gasteiger partial charge in [0.1, 0.15) is 16.1 Å². The summed E-state index contributed by atoms with van der Waals surface area (Å²) in [7, 11) is 0. The highest BCUT2D eigenvalue weighted by Crippen LogP contribution is 2.21. The van der Waals surface area contributed by atoms with Crippen LogP contribution in [-0.4, -0.2) is 44.7 Å². The van der Waals surface area contributed by atoms with E-state index in [0.717, 1.165) is 19.3 Å². The smallest absolute Gasteiger partial charge is 0.407 e. The van der Waals surface area contributed by atoms with Gasteiger partial charge in [-0.2, -0.15) is 0 Å². The van der Waals surface area contributed by atoms with E-state index in [9.17, 15) is 9.35 Å². The van der Waals surface area contributed by atoms with Gasteiger partial charge in [-0.1, -0.05) is 4.40 Å². The molecule has 0 aromatic heterocycles. The summed E-state index contributed by atoms with van der Waals surface area (Å²) in [5.74, 6) is 0.460. The van der Waals surface area contributed by atoms with E-state index in [1.165, 1.54) is 4.90 Å². The summed E-state index contributed by atoms with van der Waals surface area (Å²) in [4.78, 5) is 12.2. The van der Waals surface area contributed by atoms with E-state index < -0.39 is 17.5 Å². The van der Waals surface area contributed by atoms with Gasteiger partial charge in [-0.25, -0.2) is 4.79 Å². The zero-order valence-corrected chi connectivity index (χ0v) is 12.1. The standard InChI is InChI=1S/C12H22N2O3S/c1-12(2,3)18(17)13-7-4-10-5-8-14(9-6-10)11(15)16/h7,10H,4-6,8-9H2,1-3H3,(H,15,16)/b13-7+. The molecule has 1 N–H and O–H groups in total. The molecule has 0 spiro atoms. The van der Waals surface area contributed by atoms with Crippen molar-refractivity contribution in [3.63, 3.8) is 0 Å². The first-order valence-corrected chi connectivity index (χ1v) is 7.34. The van der Waals surface area contributed by atoms with Gasteiger partial charge in [0.25, 0.3) is 0 Å². The Morgan fingerprint density at radius 1 is 1.50 bits per heavy atom. The van der Waals surface area contributed by atoms with Crippen molar-refractivity contribution in [2.24, 2.45) is 10.3 Å². The summed E-state index contributed by atoms with van der Waals surface area (Å²) >= 11 is -1.19. The zero-order chi connectivity index (χ0) is 13.8. The van der Waals surface area contributed by atoms with Crippen LogP contribution in [0.1, 0.15) is 40.0 Å². The number of rotatable bonds is 3. The van der Waals surface area contributed by atoms with E-state index in [0.29, 0.717) is 19.0 Å². The van der Waals surface area contributed by atoms with E-state index in [2.05, 4.69) is 4.40 Å². The lowest BCUT2D eigenvalue weighted by Crippen LogP contribution is -2.37. The third-order valence-electron chi connectivity index (χ3n) is 3.02. The quantitative estimate of drug-likeness (QED) is 0.633. The van der Waals surface area contributed by atoms with Crippen LogP contribution in [0.4, 0.5) is 4.79 Å². The molecule has 1 aliphatic rings. The van der Waals surface area contributed by atoms with Gasteiger partial charge in [0, 0.05) is 13.1 Å². The maximum atomic E-state index is 11.7. The van der Waals surface area contributed by atoms with Crippen LogP contribution in [0.2, 0.25) is 0 Å². The third kappa shape index (κ3) is 4.86. The van der Waals surface area contributed by atoms with Crippen LogP contribution in [0.15, 0.2) is 4.40 Å². The molecule has 0 saturated carbocycles. The van der Waals surface area contributed by atoms with Crippen LogP contribution in [0, 0.1) is 5.92 Å². The lowest BCUT2D eigenvalue weighted by Gasteiger charge is -2.29. The van der Waals surface area contributed by atoms with E-state index in [4.69, 9.17) is 5.11 Å². The average Bonchev–Trinajstić information content (AvgIpc) is 2.28. The predicted octanol–water partition coefficient (Wildman–Crippen LogP) is 2.30. The molecular weight excluding hydrogens is 252 g/mol. The molecule has 1 unspecified atom stereocenters. The van der Waals surface area contributed by atoms with Crippen LogP contribution in [0.3, 0.4) is 0 Å². The molecule has 5 nitrogen and oxygen atoms in total. The molecule has 1 aliphatic heterocycles. The maximum absolute atomic E-state index is 11.7. The highest BCUT2D eigenvalue weighted by atomic mass is 32.2. The van der Waals surface area contributed by atoms with Crippen molar-refractivity contribution < 1.29 is 14.5 Å². The second kappa shape index (κ2) is 6.43. The minimum absolute atomic E-state index is 0.316. The van der Waals surface area contributed by atoms with Crippen molar-refractivity contribution in [3.8, 4) is 0 Å². The molecule has 0 aromatic rings. The summed E-state index contributed by atoms with van der Waals surface area (Å²) in [6, 6.07) is 0. The lowest BCUT2D eigenvalue weighted by atomic mass is 9.94. The fraction of sp³-hybridized carbons (Fsp3) is 0.833. The molecular formula is C12H22N2O3S. The Hall–Kier alpha value is -0.750. The van der Waals surface area contributed by atoms with Crippen LogP contribution >= 0.6 is 0 Å². The number of nitrogens with zero attached hydrogens (tertiary/aromatic N) is 2. The Balaban J connectivity index is 2.30. The first-order valence-electron chi connectivity index (χ1n) is 6.23. The molecule has 0 bridgehead atoms. The first kappa shape index (κ1) is 15.3. The normalized spacial score (nSPS) is 20.3. The topological polar surface area (TPSA) is 76.0 Å². The molecule has 104 valence electrons. The summed E-state index contributed by atoms with van der Waals surface area (Å²) < 4.78 is 15.4. The van der Waals surface area contributed by atoms with Crippen LogP contribution in [0.5, 0.6) is 0 Å². The van der Waals surface area contributed by atoms with E-state index in [1.807, 2.05) is 20.8 Å². The number of amides is 1. The first-order chi connectivity index (χ1) is 8.30. The number of hydrogen-bond acceptors (Lipinski definition) is 3. The van der Waals surface area contributed by atoms with Crippen molar-refractivity contribution in [1.82, 2.24) is 4.90 Å². The van der Waals surface area contributed by atoms with Crippen LogP contribution < -0.4 is 0 Å². The van der Waals surface area contributed by atoms with Crippen molar-refractivity contribution in [1.29, 1.82) is 0 Å². The molecule has 0 radical (unpaired) electrons. The van der Waals surface area contributed by atoms with Crippen molar-refractivity contribution in [2.45, 2.75) is 44.8 Å². The number of carbonyl (C=O) groups is 1. The second-order valence-electron chi connectivity index (χ2n) is 5.60. The number of carboxylic acid groups (broad SMARTS) is 1. The number of hydrogen-bond donors (Lipinski definition) is 1. The summed E-state index contributed by atoms with van der Waals surface area (Å²) in [6.07, 6.45) is 3.41. The minimum atomic E-state index is -1.19. The second-order valence-corrected chi connectivity index (χ2v) is 7.53. The summed E-state index contributed by atoms with van der Waals surface area (Å²) in [5, 5.41) is 8.82. The highest BCUT2D eigenvalue weighted by molar-refractivity contribution is 7.91. The maximum Gasteiger partial charge on any atom is 0.407 e. The number of likely N-dealkylation sites (tertiary alicyclic amines) is 1. The molecule has 1 atom stereocenters. The van der Waals surface area contributed by atoms with Gasteiger partial charge in [-0.15, -0.1) is 0 Å². The number of piperidine rings is 1. The fourth-order valence-corrected chi connectivity index (χ4v) is 2.32. The van der Waals surface area contributed by atoms with Gasteiger partial charge in [-0.05, 0) is 46.0 Å². The molecule has 18 heavy (non-hydrogen) atoms. The molecule has 0 aromatic carbocycles. The van der Waals surface area contributed by atoms with Gasteiger partial charge in [0.2, 0.25) is 0 Å². The third-order valence-corrected chi connectivity index (χ3v) is 4.41. The molecule has 1 saturated heterocycles. The van der Waals surface area contributed by atoms with Gasteiger partial charge in [0.05, 0.1) is 6.21 Å². The van der Waals surface area contributed by atoms with E-state index in [-0.39, 0.29) is 4.75 Å². The molecule has 0 aliphatic carbocycles. The van der Waals surface area contributed by atoms with Gasteiger partial charge in [0.15, 0.2) is 0 Å². The van der Waals surface area contributed by atoms with Crippen molar-refractivity contribution in [3.05, 3.63) is 0 Å². The summed E-state index contributed by atoms with van der Waals surface area (Å²) in [5.41, 5.74) is 0. The van der Waals surface area contributed by atoms with Gasteiger partial charge < -0.3 is 14.6 Å². The molecule has 1 rings (SSSR count). The Bertz CT molecular complexity index is 307. The van der Waals surface area contributed by atoms with Crippen LogP contribution in [0.25, 0.3) is 0 Å². The molecule has 6 heteroatoms. The van der Waals surface area contributed by atoms with Crippen LogP contribution in [-0.2, 0) is 11.4 Å². The van der Waals surface area contributed by atoms with Gasteiger partial charge >= 0.3 is 6.09 Å². The largest absolute Gasteiger partial charge is 0.591 e. The molecule has 1 fully saturated rings. The fourth-order valence-electron chi connectivity index (χ4n) is 1.78. The summed E-state index contributed by atoms with van der Waals surface area (Å²) in [6.45, 7) is 6.87. The Morgan fingerprint density at radius 2 is 2.06 bits per heavy atom. The predicted molar refractivity (Wildman–Crippen MR) is 73.3 cm³/mol. The highest BCUT2D eigenvalue weighted by Gasteiger charge is 2.26. The monoisotopic (exact) mass is 274 g/mol. The molecule has 1 heterocycles. The Labute approximate surface area is 112 Å². The molecule has 1 amide bonds. The van der Waals surface area contributed by atoms with E-state index in [1.54, 1.807) is 6.21 Å². The van der Waals surface area contributed by atoms with E-state index >= 15 is 0 Å². The van der Waals surface area contributed by atoms with Crippen molar-refractivity contribution >= 4 is 23.7 Å². The zero-order valence-electron chi connectivity index (χ0n) is 11.3. The average molecular weight is 274 g/mol. The van der Waals surface area contributed by atoms with Crippen molar-refractivity contribution in [2.75, 3.05) is 13.1 Å². The van der Waals surface area contributed by atoms with Gasteiger partial charge in [-0.3, -0.25) is 0 Å². The SMILES string of the molecule is CC(C)(C)[S+]([O-])/N=C/CC1CCN(C(=O)O)CC1. The lowest BCUT2D eigenvalue weighted by molar-refractivity contribution is 0.125. The Morgan fingerprint density at radius 3 is 2.50 bits per heavy atom.